The number of H-pyrrole nitrogens is 1. The zero-order valence-electron chi connectivity index (χ0n) is 21.9. The maximum atomic E-state index is 13.2. The first-order chi connectivity index (χ1) is 17.5. The number of tetrazole rings is 1. The highest BCUT2D eigenvalue weighted by molar-refractivity contribution is 5.80. The number of aromatic nitrogens is 5. The molecule has 1 atom stereocenters. The summed E-state index contributed by atoms with van der Waals surface area (Å²) in [5.41, 5.74) is 1.59. The Labute approximate surface area is 213 Å². The number of rotatable bonds is 8. The van der Waals surface area contributed by atoms with E-state index in [1.807, 2.05) is 24.3 Å². The van der Waals surface area contributed by atoms with Gasteiger partial charge in [0, 0.05) is 29.1 Å². The van der Waals surface area contributed by atoms with Crippen LogP contribution < -0.4 is 10.3 Å². The van der Waals surface area contributed by atoms with Gasteiger partial charge in [0.2, 0.25) is 0 Å². The molecule has 2 aliphatic rings. The zero-order chi connectivity index (χ0) is 25.1. The van der Waals surface area contributed by atoms with E-state index in [0.717, 1.165) is 53.7 Å². The van der Waals surface area contributed by atoms with Crippen LogP contribution in [0.1, 0.15) is 102 Å². The van der Waals surface area contributed by atoms with E-state index >= 15 is 0 Å². The van der Waals surface area contributed by atoms with Crippen LogP contribution in [0.4, 0.5) is 0 Å². The predicted octanol–water partition coefficient (Wildman–Crippen LogP) is 5.56. The molecule has 2 aromatic heterocycles. The molecule has 1 N–H and O–H groups in total. The van der Waals surface area contributed by atoms with Crippen molar-refractivity contribution in [2.24, 2.45) is 5.92 Å². The lowest BCUT2D eigenvalue weighted by Gasteiger charge is -2.41. The predicted molar refractivity (Wildman–Crippen MR) is 141 cm³/mol. The third-order valence-electron chi connectivity index (χ3n) is 8.22. The van der Waals surface area contributed by atoms with Crippen molar-refractivity contribution in [2.45, 2.75) is 103 Å². The largest absolute Gasteiger partial charge is 0.497 e. The molecule has 5 rings (SSSR count). The van der Waals surface area contributed by atoms with E-state index in [2.05, 4.69) is 43.9 Å². The lowest BCUT2D eigenvalue weighted by molar-refractivity contribution is 0.0590. The van der Waals surface area contributed by atoms with Gasteiger partial charge in [0.15, 0.2) is 5.82 Å². The summed E-state index contributed by atoms with van der Waals surface area (Å²) in [4.78, 5) is 18.9. The van der Waals surface area contributed by atoms with Crippen LogP contribution in [0.2, 0.25) is 0 Å². The van der Waals surface area contributed by atoms with Crippen LogP contribution in [0, 0.1) is 5.92 Å². The summed E-state index contributed by atoms with van der Waals surface area (Å²) in [5, 5.41) is 14.3. The number of fused-ring (bicyclic) bond motifs is 1. The van der Waals surface area contributed by atoms with Gasteiger partial charge in [-0.25, -0.2) is 4.68 Å². The van der Waals surface area contributed by atoms with Gasteiger partial charge >= 0.3 is 0 Å². The van der Waals surface area contributed by atoms with Crippen LogP contribution in [0.5, 0.6) is 5.75 Å². The molecule has 0 aliphatic heterocycles. The summed E-state index contributed by atoms with van der Waals surface area (Å²) in [6, 6.07) is 8.64. The molecule has 2 fully saturated rings. The third kappa shape index (κ3) is 5.19. The van der Waals surface area contributed by atoms with Crippen molar-refractivity contribution in [1.29, 1.82) is 0 Å². The number of pyridine rings is 1. The van der Waals surface area contributed by atoms with E-state index in [0.29, 0.717) is 24.5 Å². The SMILES string of the molecule is COc1ccc2[nH]c(=O)c(CN(C3CCCCC3)C(c3nnnn3C3CCCCC3)C(C)C)cc2c1. The number of nitrogens with one attached hydrogen (secondary N) is 1. The Morgan fingerprint density at radius 3 is 2.47 bits per heavy atom. The van der Waals surface area contributed by atoms with E-state index in [4.69, 9.17) is 4.74 Å². The maximum Gasteiger partial charge on any atom is 0.252 e. The van der Waals surface area contributed by atoms with Gasteiger partial charge in [-0.3, -0.25) is 9.69 Å². The van der Waals surface area contributed by atoms with Crippen molar-refractivity contribution < 1.29 is 4.74 Å². The number of nitrogens with zero attached hydrogens (tertiary/aromatic N) is 5. The molecule has 8 nitrogen and oxygen atoms in total. The number of hydrogen-bond donors (Lipinski definition) is 1. The van der Waals surface area contributed by atoms with Crippen LogP contribution in [0.25, 0.3) is 10.9 Å². The highest BCUT2D eigenvalue weighted by Crippen LogP contribution is 2.37. The molecule has 1 aromatic carbocycles. The van der Waals surface area contributed by atoms with Crippen molar-refractivity contribution in [3.05, 3.63) is 46.0 Å². The lowest BCUT2D eigenvalue weighted by atomic mass is 9.89. The van der Waals surface area contributed by atoms with E-state index < -0.39 is 0 Å². The Balaban J connectivity index is 1.54. The molecule has 0 amide bonds. The van der Waals surface area contributed by atoms with E-state index in [9.17, 15) is 4.79 Å². The summed E-state index contributed by atoms with van der Waals surface area (Å²) in [6.45, 7) is 5.10. The number of benzene rings is 1. The number of hydrogen-bond acceptors (Lipinski definition) is 6. The number of ether oxygens (including phenoxy) is 1. The smallest absolute Gasteiger partial charge is 0.252 e. The number of methoxy groups -OCH3 is 1. The molecule has 0 radical (unpaired) electrons. The van der Waals surface area contributed by atoms with Crippen molar-refractivity contribution in [3.63, 3.8) is 0 Å². The summed E-state index contributed by atoms with van der Waals surface area (Å²) in [6.07, 6.45) is 12.1. The van der Waals surface area contributed by atoms with Crippen molar-refractivity contribution in [3.8, 4) is 5.75 Å². The molecule has 2 saturated carbocycles. The molecule has 0 bridgehead atoms. The molecule has 0 saturated heterocycles. The van der Waals surface area contributed by atoms with Gasteiger partial charge in [-0.15, -0.1) is 5.10 Å². The molecule has 0 spiro atoms. The summed E-state index contributed by atoms with van der Waals surface area (Å²) >= 11 is 0. The molecule has 2 aliphatic carbocycles. The molecule has 36 heavy (non-hydrogen) atoms. The standard InChI is InChI=1S/C28H40N6O2/c1-19(2)26(27-30-31-32-34(27)23-12-8-5-9-13-23)33(22-10-6-4-7-11-22)18-21-16-20-17-24(36-3)14-15-25(20)29-28(21)35/h14-17,19,22-23,26H,4-13,18H2,1-3H3,(H,29,35). The Morgan fingerprint density at radius 1 is 1.06 bits per heavy atom. The minimum Gasteiger partial charge on any atom is -0.497 e. The second kappa shape index (κ2) is 11.1. The van der Waals surface area contributed by atoms with Gasteiger partial charge < -0.3 is 9.72 Å². The third-order valence-corrected chi connectivity index (χ3v) is 8.22. The fourth-order valence-electron chi connectivity index (χ4n) is 6.35. The summed E-state index contributed by atoms with van der Waals surface area (Å²) in [7, 11) is 1.67. The molecule has 8 heteroatoms. The molecule has 1 unspecified atom stereocenters. The molecular weight excluding hydrogens is 452 g/mol. The molecule has 3 aromatic rings. The van der Waals surface area contributed by atoms with Gasteiger partial charge in [-0.1, -0.05) is 52.4 Å². The first kappa shape index (κ1) is 24.9. The minimum absolute atomic E-state index is 0.0251. The first-order valence-electron chi connectivity index (χ1n) is 13.8. The lowest BCUT2D eigenvalue weighted by Crippen LogP contribution is -2.43. The number of aromatic amines is 1. The Morgan fingerprint density at radius 2 is 1.78 bits per heavy atom. The topological polar surface area (TPSA) is 88.9 Å². The highest BCUT2D eigenvalue weighted by Gasteiger charge is 2.36. The van der Waals surface area contributed by atoms with Gasteiger partial charge in [0.05, 0.1) is 19.2 Å². The Hall–Kier alpha value is -2.74. The average Bonchev–Trinajstić information content (AvgIpc) is 3.38. The summed E-state index contributed by atoms with van der Waals surface area (Å²) in [5.74, 6) is 2.05. The second-order valence-corrected chi connectivity index (χ2v) is 11.0. The normalized spacial score (nSPS) is 18.8. The zero-order valence-corrected chi connectivity index (χ0v) is 21.9. The monoisotopic (exact) mass is 492 g/mol. The fourth-order valence-corrected chi connectivity index (χ4v) is 6.35. The quantitative estimate of drug-likeness (QED) is 0.443. The highest BCUT2D eigenvalue weighted by atomic mass is 16.5. The van der Waals surface area contributed by atoms with Crippen LogP contribution in [-0.2, 0) is 6.54 Å². The molecule has 2 heterocycles. The van der Waals surface area contributed by atoms with Crippen LogP contribution in [0.15, 0.2) is 29.1 Å². The van der Waals surface area contributed by atoms with Gasteiger partial charge in [0.25, 0.3) is 5.56 Å². The van der Waals surface area contributed by atoms with E-state index in [1.165, 1.54) is 38.5 Å². The minimum atomic E-state index is -0.0251. The van der Waals surface area contributed by atoms with E-state index in [1.54, 1.807) is 7.11 Å². The van der Waals surface area contributed by atoms with Crippen molar-refractivity contribution in [1.82, 2.24) is 30.1 Å². The Bertz CT molecular complexity index is 1210. The van der Waals surface area contributed by atoms with Gasteiger partial charge in [-0.2, -0.15) is 0 Å². The second-order valence-electron chi connectivity index (χ2n) is 11.0. The van der Waals surface area contributed by atoms with Crippen molar-refractivity contribution in [2.75, 3.05) is 7.11 Å². The maximum absolute atomic E-state index is 13.2. The van der Waals surface area contributed by atoms with Crippen LogP contribution >= 0.6 is 0 Å². The first-order valence-corrected chi connectivity index (χ1v) is 13.8. The van der Waals surface area contributed by atoms with Gasteiger partial charge in [-0.05, 0) is 66.3 Å². The molecular formula is C28H40N6O2. The molecule has 194 valence electrons. The van der Waals surface area contributed by atoms with Crippen molar-refractivity contribution >= 4 is 10.9 Å². The van der Waals surface area contributed by atoms with Gasteiger partial charge in [0.1, 0.15) is 5.75 Å². The average molecular weight is 493 g/mol. The van der Waals surface area contributed by atoms with Crippen LogP contribution in [0.3, 0.4) is 0 Å². The fraction of sp³-hybridized carbons (Fsp3) is 0.643. The Kier molecular flexibility index (Phi) is 7.70. The van der Waals surface area contributed by atoms with E-state index in [-0.39, 0.29) is 11.6 Å². The van der Waals surface area contributed by atoms with Crippen LogP contribution in [-0.4, -0.2) is 43.2 Å². The summed E-state index contributed by atoms with van der Waals surface area (Å²) < 4.78 is 7.55.